The van der Waals surface area contributed by atoms with Crippen LogP contribution < -0.4 is 10.9 Å². The average molecular weight is 169 g/mol. The zero-order chi connectivity index (χ0) is 9.14. The molecule has 0 unspecified atom stereocenters. The quantitative estimate of drug-likeness (QED) is 0.594. The largest absolute Gasteiger partial charge is 0.493 e. The number of nitrogens with zero attached hydrogens (tertiary/aromatic N) is 1. The van der Waals surface area contributed by atoms with Gasteiger partial charge in [0.1, 0.15) is 0 Å². The Morgan fingerprint density at radius 3 is 2.83 bits per heavy atom. The minimum absolute atomic E-state index is 0.162. The first kappa shape index (κ1) is 8.58. The molecule has 5 nitrogen and oxygen atoms in total. The molecule has 0 amide bonds. The predicted octanol–water partition coefficient (Wildman–Crippen LogP) is 0.296. The summed E-state index contributed by atoms with van der Waals surface area (Å²) in [4.78, 5) is 16.9. The Balaban J connectivity index is 2.93. The molecule has 0 aliphatic rings. The summed E-state index contributed by atoms with van der Waals surface area (Å²) in [6.07, 6.45) is 0. The maximum Gasteiger partial charge on any atom is 0.256 e. The van der Waals surface area contributed by atoms with Gasteiger partial charge in [-0.05, 0) is 13.8 Å². The van der Waals surface area contributed by atoms with E-state index in [-0.39, 0.29) is 23.4 Å². The number of aromatic nitrogens is 2. The van der Waals surface area contributed by atoms with E-state index in [0.717, 1.165) is 6.07 Å². The van der Waals surface area contributed by atoms with Crippen LogP contribution >= 0.6 is 0 Å². The van der Waals surface area contributed by atoms with Crippen molar-refractivity contribution in [3.8, 4) is 5.88 Å². The molecular weight excluding hydrogens is 158 g/mol. The molecule has 1 aromatic rings. The van der Waals surface area contributed by atoms with Crippen LogP contribution in [-0.2, 0) is 0 Å². The van der Waals surface area contributed by atoms with E-state index in [1.54, 1.807) is 0 Å². The van der Waals surface area contributed by atoms with E-state index in [1.807, 2.05) is 13.8 Å². The number of hydrogen-bond acceptors (Lipinski definition) is 4. The summed E-state index contributed by atoms with van der Waals surface area (Å²) in [6.45, 7) is 3.81. The molecule has 0 radical (unpaired) electrons. The van der Waals surface area contributed by atoms with Crippen LogP contribution in [0.25, 0.3) is 0 Å². The van der Waals surface area contributed by atoms with Gasteiger partial charge in [-0.1, -0.05) is 0 Å². The van der Waals surface area contributed by atoms with Gasteiger partial charge in [0.05, 0.1) is 6.07 Å². The van der Waals surface area contributed by atoms with Crippen molar-refractivity contribution in [3.63, 3.8) is 0 Å². The van der Waals surface area contributed by atoms with Gasteiger partial charge >= 0.3 is 0 Å². The highest BCUT2D eigenvalue weighted by molar-refractivity contribution is 5.27. The van der Waals surface area contributed by atoms with Crippen LogP contribution in [0.3, 0.4) is 0 Å². The van der Waals surface area contributed by atoms with Gasteiger partial charge < -0.3 is 10.4 Å². The molecule has 0 spiro atoms. The molecule has 0 saturated carbocycles. The lowest BCUT2D eigenvalue weighted by atomic mass is 10.4. The van der Waals surface area contributed by atoms with Gasteiger partial charge in [0.25, 0.3) is 5.56 Å². The second-order valence-electron chi connectivity index (χ2n) is 2.75. The first-order chi connectivity index (χ1) is 5.58. The summed E-state index contributed by atoms with van der Waals surface area (Å²) >= 11 is 0. The first-order valence-electron chi connectivity index (χ1n) is 3.65. The van der Waals surface area contributed by atoms with Crippen LogP contribution in [0.2, 0.25) is 0 Å². The zero-order valence-corrected chi connectivity index (χ0v) is 6.96. The molecule has 0 aliphatic heterocycles. The minimum Gasteiger partial charge on any atom is -0.493 e. The zero-order valence-electron chi connectivity index (χ0n) is 6.96. The van der Waals surface area contributed by atoms with Crippen molar-refractivity contribution in [2.75, 3.05) is 5.32 Å². The van der Waals surface area contributed by atoms with Crippen LogP contribution in [0.5, 0.6) is 5.88 Å². The number of aromatic hydroxyl groups is 1. The molecular formula is C7H11N3O2. The molecule has 0 aliphatic carbocycles. The number of aromatic amines is 1. The third kappa shape index (κ3) is 2.26. The van der Waals surface area contributed by atoms with Gasteiger partial charge in [0.2, 0.25) is 11.8 Å². The summed E-state index contributed by atoms with van der Waals surface area (Å²) in [5.74, 6) is 0.0110. The highest BCUT2D eigenvalue weighted by atomic mass is 16.3. The summed E-state index contributed by atoms with van der Waals surface area (Å²) < 4.78 is 0. The van der Waals surface area contributed by atoms with E-state index < -0.39 is 0 Å². The second kappa shape index (κ2) is 3.25. The number of H-pyrrole nitrogens is 1. The Morgan fingerprint density at radius 1 is 1.67 bits per heavy atom. The van der Waals surface area contributed by atoms with Crippen LogP contribution in [0.1, 0.15) is 13.8 Å². The van der Waals surface area contributed by atoms with Gasteiger partial charge in [0.15, 0.2) is 0 Å². The lowest BCUT2D eigenvalue weighted by Crippen LogP contribution is -2.16. The molecule has 0 saturated heterocycles. The third-order valence-electron chi connectivity index (χ3n) is 1.15. The SMILES string of the molecule is CC(C)Nc1nc(O)cc(=O)[nH]1. The fourth-order valence-electron chi connectivity index (χ4n) is 0.787. The molecule has 5 heteroatoms. The third-order valence-corrected chi connectivity index (χ3v) is 1.15. The fraction of sp³-hybridized carbons (Fsp3) is 0.429. The predicted molar refractivity (Wildman–Crippen MR) is 45.3 cm³/mol. The van der Waals surface area contributed by atoms with Crippen molar-refractivity contribution in [2.24, 2.45) is 0 Å². The molecule has 66 valence electrons. The van der Waals surface area contributed by atoms with Gasteiger partial charge in [-0.15, -0.1) is 0 Å². The number of hydrogen-bond donors (Lipinski definition) is 3. The van der Waals surface area contributed by atoms with Crippen molar-refractivity contribution >= 4 is 5.95 Å². The Kier molecular flexibility index (Phi) is 2.32. The van der Waals surface area contributed by atoms with Crippen molar-refractivity contribution < 1.29 is 5.11 Å². The molecule has 0 fully saturated rings. The standard InChI is InChI=1S/C7H11N3O2/c1-4(2)8-7-9-5(11)3-6(12)10-7/h3-4H,1-2H3,(H3,8,9,10,11,12). The van der Waals surface area contributed by atoms with Gasteiger partial charge in [-0.2, -0.15) is 4.98 Å². The first-order valence-corrected chi connectivity index (χ1v) is 3.65. The minimum atomic E-state index is -0.370. The Bertz CT molecular complexity index is 319. The Hall–Kier alpha value is -1.52. The topological polar surface area (TPSA) is 78.0 Å². The lowest BCUT2D eigenvalue weighted by Gasteiger charge is -2.07. The van der Waals surface area contributed by atoms with E-state index >= 15 is 0 Å². The number of nitrogens with one attached hydrogen (secondary N) is 2. The Morgan fingerprint density at radius 2 is 2.33 bits per heavy atom. The van der Waals surface area contributed by atoms with Crippen molar-refractivity contribution in [1.82, 2.24) is 9.97 Å². The second-order valence-corrected chi connectivity index (χ2v) is 2.75. The monoisotopic (exact) mass is 169 g/mol. The van der Waals surface area contributed by atoms with E-state index in [0.29, 0.717) is 0 Å². The van der Waals surface area contributed by atoms with Gasteiger partial charge in [-0.25, -0.2) is 0 Å². The van der Waals surface area contributed by atoms with Crippen molar-refractivity contribution in [2.45, 2.75) is 19.9 Å². The lowest BCUT2D eigenvalue weighted by molar-refractivity contribution is 0.451. The summed E-state index contributed by atoms with van der Waals surface area (Å²) in [6, 6.07) is 1.18. The fourth-order valence-corrected chi connectivity index (χ4v) is 0.787. The molecule has 1 rings (SSSR count). The van der Waals surface area contributed by atoms with Gasteiger partial charge in [0, 0.05) is 6.04 Å². The van der Waals surface area contributed by atoms with E-state index in [2.05, 4.69) is 15.3 Å². The van der Waals surface area contributed by atoms with Crippen molar-refractivity contribution in [3.05, 3.63) is 16.4 Å². The summed E-state index contributed by atoms with van der Waals surface area (Å²) in [5, 5.41) is 11.8. The normalized spacial score (nSPS) is 10.2. The molecule has 0 atom stereocenters. The molecule has 0 aromatic carbocycles. The molecule has 0 bridgehead atoms. The van der Waals surface area contributed by atoms with E-state index in [4.69, 9.17) is 5.11 Å². The van der Waals surface area contributed by atoms with Crippen LogP contribution in [0.4, 0.5) is 5.95 Å². The smallest absolute Gasteiger partial charge is 0.256 e. The summed E-state index contributed by atoms with van der Waals surface area (Å²) in [5.41, 5.74) is -0.370. The van der Waals surface area contributed by atoms with Crippen molar-refractivity contribution in [1.29, 1.82) is 0 Å². The maximum absolute atomic E-state index is 10.8. The van der Waals surface area contributed by atoms with Crippen LogP contribution in [0.15, 0.2) is 10.9 Å². The van der Waals surface area contributed by atoms with E-state index in [1.165, 1.54) is 0 Å². The van der Waals surface area contributed by atoms with Crippen LogP contribution in [-0.4, -0.2) is 21.1 Å². The highest BCUT2D eigenvalue weighted by Crippen LogP contribution is 2.02. The molecule has 3 N–H and O–H groups in total. The highest BCUT2D eigenvalue weighted by Gasteiger charge is 1.99. The number of rotatable bonds is 2. The average Bonchev–Trinajstić information content (AvgIpc) is 1.81. The maximum atomic E-state index is 10.8. The Labute approximate surface area is 69.5 Å². The van der Waals surface area contributed by atoms with E-state index in [9.17, 15) is 4.79 Å². The van der Waals surface area contributed by atoms with Gasteiger partial charge in [-0.3, -0.25) is 9.78 Å². The van der Waals surface area contributed by atoms with Crippen LogP contribution in [0, 0.1) is 0 Å². The molecule has 1 aromatic heterocycles. The summed E-state index contributed by atoms with van der Waals surface area (Å²) in [7, 11) is 0. The molecule has 1 heterocycles. The molecule has 12 heavy (non-hydrogen) atoms. The number of anilines is 1.